The Morgan fingerprint density at radius 2 is 2.06 bits per heavy atom. The van der Waals surface area contributed by atoms with Crippen LogP contribution in [-0.4, -0.2) is 29.2 Å². The minimum atomic E-state index is 0.251. The van der Waals surface area contributed by atoms with Crippen LogP contribution >= 0.6 is 11.3 Å². The number of methoxy groups -OCH3 is 2. The molecule has 0 saturated carbocycles. The third-order valence-corrected chi connectivity index (χ3v) is 2.70. The van der Waals surface area contributed by atoms with Gasteiger partial charge in [-0.1, -0.05) is 11.3 Å². The van der Waals surface area contributed by atoms with Gasteiger partial charge >= 0.3 is 6.01 Å². The first-order valence-electron chi connectivity index (χ1n) is 4.41. The minimum Gasteiger partial charge on any atom is -0.481 e. The van der Waals surface area contributed by atoms with E-state index >= 15 is 0 Å². The molecule has 0 unspecified atom stereocenters. The van der Waals surface area contributed by atoms with Crippen molar-refractivity contribution in [3.8, 4) is 22.5 Å². The molecule has 2 rings (SSSR count). The van der Waals surface area contributed by atoms with Crippen molar-refractivity contribution in [1.29, 1.82) is 0 Å². The largest absolute Gasteiger partial charge is 0.481 e. The molecule has 2 heterocycles. The van der Waals surface area contributed by atoms with Crippen molar-refractivity contribution in [1.82, 2.24) is 15.0 Å². The van der Waals surface area contributed by atoms with Gasteiger partial charge in [0, 0.05) is 12.3 Å². The predicted molar refractivity (Wildman–Crippen MR) is 60.7 cm³/mol. The summed E-state index contributed by atoms with van der Waals surface area (Å²) in [6, 6.07) is 1.96. The van der Waals surface area contributed by atoms with Gasteiger partial charge in [0.25, 0.3) is 0 Å². The zero-order valence-corrected chi connectivity index (χ0v) is 9.61. The van der Waals surface area contributed by atoms with Gasteiger partial charge in [-0.3, -0.25) is 0 Å². The number of thiazole rings is 1. The average Bonchev–Trinajstić information content (AvgIpc) is 2.75. The van der Waals surface area contributed by atoms with E-state index in [0.717, 1.165) is 4.88 Å². The van der Waals surface area contributed by atoms with E-state index in [1.807, 2.05) is 0 Å². The van der Waals surface area contributed by atoms with Gasteiger partial charge in [0.05, 0.1) is 24.8 Å². The van der Waals surface area contributed by atoms with Gasteiger partial charge in [0.1, 0.15) is 0 Å². The van der Waals surface area contributed by atoms with Crippen LogP contribution in [0.4, 0.5) is 5.13 Å². The molecule has 0 radical (unpaired) electrons. The first-order chi connectivity index (χ1) is 7.72. The first kappa shape index (κ1) is 10.6. The Morgan fingerprint density at radius 3 is 2.62 bits per heavy atom. The van der Waals surface area contributed by atoms with E-state index in [4.69, 9.17) is 15.2 Å². The van der Waals surface area contributed by atoms with E-state index in [-0.39, 0.29) is 6.01 Å². The van der Waals surface area contributed by atoms with Crippen LogP contribution in [0.3, 0.4) is 0 Å². The molecule has 6 nitrogen and oxygen atoms in total. The van der Waals surface area contributed by atoms with Crippen LogP contribution in [0, 0.1) is 0 Å². The maximum absolute atomic E-state index is 5.56. The van der Waals surface area contributed by atoms with Crippen molar-refractivity contribution in [3.63, 3.8) is 0 Å². The number of hydrogen-bond donors (Lipinski definition) is 1. The lowest BCUT2D eigenvalue weighted by atomic mass is 10.3. The van der Waals surface area contributed by atoms with E-state index in [1.165, 1.54) is 25.6 Å². The second kappa shape index (κ2) is 4.31. The summed E-state index contributed by atoms with van der Waals surface area (Å²) in [6.45, 7) is 0. The Bertz CT molecular complexity index is 478. The van der Waals surface area contributed by atoms with Gasteiger partial charge in [-0.15, -0.1) is 0 Å². The van der Waals surface area contributed by atoms with E-state index in [0.29, 0.717) is 16.7 Å². The summed E-state index contributed by atoms with van der Waals surface area (Å²) in [7, 11) is 3.03. The molecule has 7 heteroatoms. The van der Waals surface area contributed by atoms with Crippen LogP contribution in [0.2, 0.25) is 0 Å². The lowest BCUT2D eigenvalue weighted by molar-refractivity contribution is 0.353. The maximum Gasteiger partial charge on any atom is 0.320 e. The first-order valence-corrected chi connectivity index (χ1v) is 5.23. The fraction of sp³-hybridized carbons (Fsp3) is 0.222. The molecule has 0 amide bonds. The van der Waals surface area contributed by atoms with Gasteiger partial charge in [-0.05, 0) is 0 Å². The van der Waals surface area contributed by atoms with Crippen molar-refractivity contribution in [3.05, 3.63) is 12.3 Å². The Kier molecular flexibility index (Phi) is 2.86. The third-order valence-electron chi connectivity index (χ3n) is 1.85. The van der Waals surface area contributed by atoms with Crippen LogP contribution < -0.4 is 15.2 Å². The highest BCUT2D eigenvalue weighted by Gasteiger charge is 2.09. The molecular formula is C9H10N4O2S. The molecule has 84 valence electrons. The second-order valence-corrected chi connectivity index (χ2v) is 3.91. The highest BCUT2D eigenvalue weighted by molar-refractivity contribution is 7.18. The molecule has 0 aromatic carbocycles. The number of ether oxygens (including phenoxy) is 2. The van der Waals surface area contributed by atoms with Crippen molar-refractivity contribution < 1.29 is 9.47 Å². The maximum atomic E-state index is 5.56. The molecule has 2 aromatic rings. The number of aromatic nitrogens is 3. The van der Waals surface area contributed by atoms with E-state index < -0.39 is 0 Å². The van der Waals surface area contributed by atoms with Gasteiger partial charge in [0.15, 0.2) is 5.13 Å². The van der Waals surface area contributed by atoms with Gasteiger partial charge in [-0.2, -0.15) is 9.97 Å². The van der Waals surface area contributed by atoms with E-state index in [2.05, 4.69) is 15.0 Å². The lowest BCUT2D eigenvalue weighted by Crippen LogP contribution is -1.96. The zero-order valence-electron chi connectivity index (χ0n) is 8.80. The minimum absolute atomic E-state index is 0.251. The van der Waals surface area contributed by atoms with Crippen LogP contribution in [0.15, 0.2) is 12.3 Å². The number of nitrogens with zero attached hydrogens (tertiary/aromatic N) is 3. The molecule has 16 heavy (non-hydrogen) atoms. The highest BCUT2D eigenvalue weighted by Crippen LogP contribution is 2.28. The molecular weight excluding hydrogens is 228 g/mol. The second-order valence-electron chi connectivity index (χ2n) is 2.84. The number of rotatable bonds is 3. The Labute approximate surface area is 96.1 Å². The number of nitrogen functional groups attached to an aromatic ring is 1. The molecule has 0 aliphatic rings. The van der Waals surface area contributed by atoms with Crippen LogP contribution in [-0.2, 0) is 0 Å². The predicted octanol–water partition coefficient (Wildman–Crippen LogP) is 1.20. The van der Waals surface area contributed by atoms with Crippen molar-refractivity contribution in [2.45, 2.75) is 0 Å². The molecule has 0 aliphatic heterocycles. The van der Waals surface area contributed by atoms with Crippen LogP contribution in [0.1, 0.15) is 0 Å². The van der Waals surface area contributed by atoms with E-state index in [9.17, 15) is 0 Å². The van der Waals surface area contributed by atoms with Crippen molar-refractivity contribution >= 4 is 16.5 Å². The zero-order chi connectivity index (χ0) is 11.5. The average molecular weight is 238 g/mol. The molecule has 0 fully saturated rings. The monoisotopic (exact) mass is 238 g/mol. The topological polar surface area (TPSA) is 83.2 Å². The van der Waals surface area contributed by atoms with Crippen LogP contribution in [0.5, 0.6) is 11.9 Å². The number of hydrogen-bond acceptors (Lipinski definition) is 7. The van der Waals surface area contributed by atoms with Crippen LogP contribution in [0.25, 0.3) is 10.6 Å². The number of anilines is 1. The molecule has 2 aromatic heterocycles. The summed E-state index contributed by atoms with van der Waals surface area (Å²) in [6.07, 6.45) is 1.65. The summed E-state index contributed by atoms with van der Waals surface area (Å²) in [5.74, 6) is 0.439. The van der Waals surface area contributed by atoms with E-state index in [1.54, 1.807) is 12.3 Å². The molecule has 0 aliphatic carbocycles. The quantitative estimate of drug-likeness (QED) is 0.865. The highest BCUT2D eigenvalue weighted by atomic mass is 32.1. The summed E-state index contributed by atoms with van der Waals surface area (Å²) >= 11 is 1.34. The fourth-order valence-corrected chi connectivity index (χ4v) is 1.78. The normalized spacial score (nSPS) is 10.1. The van der Waals surface area contributed by atoms with Gasteiger partial charge < -0.3 is 15.2 Å². The summed E-state index contributed by atoms with van der Waals surface area (Å²) in [4.78, 5) is 13.0. The van der Waals surface area contributed by atoms with Crippen molar-refractivity contribution in [2.75, 3.05) is 20.0 Å². The molecule has 0 bridgehead atoms. The SMILES string of the molecule is COc1cc(-c2cnc(N)s2)nc(OC)n1. The third kappa shape index (κ3) is 2.03. The molecule has 0 spiro atoms. The summed E-state index contributed by atoms with van der Waals surface area (Å²) in [5, 5.41) is 0.492. The summed E-state index contributed by atoms with van der Waals surface area (Å²) in [5.41, 5.74) is 6.24. The Morgan fingerprint density at radius 1 is 1.25 bits per heavy atom. The molecule has 0 atom stereocenters. The number of nitrogens with two attached hydrogens (primary N) is 1. The molecule has 0 saturated heterocycles. The lowest BCUT2D eigenvalue weighted by Gasteiger charge is -2.03. The summed E-state index contributed by atoms with van der Waals surface area (Å²) < 4.78 is 10.0. The fourth-order valence-electron chi connectivity index (χ4n) is 1.13. The van der Waals surface area contributed by atoms with Gasteiger partial charge in [-0.25, -0.2) is 4.98 Å². The standard InChI is InChI=1S/C9H10N4O2S/c1-14-7-3-5(12-9(13-7)15-2)6-4-11-8(10)16-6/h3-4H,1-2H3,(H2,10,11). The van der Waals surface area contributed by atoms with Gasteiger partial charge in [0.2, 0.25) is 5.88 Å². The molecule has 2 N–H and O–H groups in total. The smallest absolute Gasteiger partial charge is 0.320 e. The Balaban J connectivity index is 2.47. The van der Waals surface area contributed by atoms with Crippen molar-refractivity contribution in [2.24, 2.45) is 0 Å². The Hall–Kier alpha value is -1.89.